The minimum absolute atomic E-state index is 0.0912. The number of rotatable bonds is 6. The van der Waals surface area contributed by atoms with Crippen molar-refractivity contribution in [2.45, 2.75) is 13.5 Å². The van der Waals surface area contributed by atoms with Crippen molar-refractivity contribution in [2.24, 2.45) is 7.05 Å². The average Bonchev–Trinajstić information content (AvgIpc) is 3.02. The fraction of sp³-hybridized carbons (Fsp3) is 0.190. The molecule has 0 atom stereocenters. The molecule has 0 aliphatic carbocycles. The van der Waals surface area contributed by atoms with Gasteiger partial charge in [0.2, 0.25) is 0 Å². The molecule has 0 fully saturated rings. The van der Waals surface area contributed by atoms with Crippen molar-refractivity contribution in [2.75, 3.05) is 17.7 Å². The van der Waals surface area contributed by atoms with Gasteiger partial charge in [-0.15, -0.1) is 0 Å². The number of methoxy groups -OCH3 is 1. The highest BCUT2D eigenvalue weighted by atomic mass is 16.5. The first-order chi connectivity index (χ1) is 14.5. The highest BCUT2D eigenvalue weighted by Gasteiger charge is 2.15. The van der Waals surface area contributed by atoms with E-state index in [2.05, 4.69) is 25.7 Å². The van der Waals surface area contributed by atoms with Crippen molar-refractivity contribution in [3.05, 3.63) is 64.1 Å². The molecule has 0 aliphatic heterocycles. The van der Waals surface area contributed by atoms with E-state index < -0.39 is 0 Å². The number of nitrogens with one attached hydrogen (secondary N) is 3. The molecule has 3 aromatic heterocycles. The van der Waals surface area contributed by atoms with E-state index in [1.165, 1.54) is 4.68 Å². The van der Waals surface area contributed by atoms with Crippen LogP contribution in [0.25, 0.3) is 11.0 Å². The van der Waals surface area contributed by atoms with Gasteiger partial charge < -0.3 is 20.5 Å². The van der Waals surface area contributed by atoms with Crippen molar-refractivity contribution in [3.8, 4) is 5.75 Å². The number of H-pyrrole nitrogens is 1. The third-order valence-corrected chi connectivity index (χ3v) is 4.67. The van der Waals surface area contributed by atoms with E-state index in [4.69, 9.17) is 4.74 Å². The number of anilines is 4. The van der Waals surface area contributed by atoms with Crippen LogP contribution in [0.3, 0.4) is 0 Å². The Labute approximate surface area is 172 Å². The molecule has 154 valence electrons. The van der Waals surface area contributed by atoms with E-state index in [1.54, 1.807) is 38.4 Å². The number of pyridine rings is 2. The molecule has 9 heteroatoms. The maximum absolute atomic E-state index is 12.7. The van der Waals surface area contributed by atoms with Gasteiger partial charge in [0.15, 0.2) is 5.65 Å². The third kappa shape index (κ3) is 3.70. The Morgan fingerprint density at radius 1 is 1.10 bits per heavy atom. The molecule has 4 N–H and O–H groups in total. The highest BCUT2D eigenvalue weighted by molar-refractivity contribution is 5.93. The maximum atomic E-state index is 12.7. The standard InChI is InChI=1S/C21H22N6O3/c1-12-5-4-6-17(22-12)24-18-10-15(19-20(25-18)26-27(2)21(19)29)23-14-8-7-13(11-28)9-16(14)30-3/h4-10,28H,11H2,1-3H3,(H3,22,23,24,25,26). The fourth-order valence-electron chi connectivity index (χ4n) is 3.21. The lowest BCUT2D eigenvalue weighted by molar-refractivity contribution is 0.281. The Kier molecular flexibility index (Phi) is 5.11. The Morgan fingerprint density at radius 2 is 1.93 bits per heavy atom. The summed E-state index contributed by atoms with van der Waals surface area (Å²) >= 11 is 0. The minimum Gasteiger partial charge on any atom is -0.495 e. The first kappa shape index (κ1) is 19.5. The molecule has 4 aromatic rings. The Morgan fingerprint density at radius 3 is 2.67 bits per heavy atom. The third-order valence-electron chi connectivity index (χ3n) is 4.67. The molecule has 0 unspecified atom stereocenters. The molecule has 0 amide bonds. The number of aliphatic hydroxyl groups excluding tert-OH is 1. The molecule has 0 saturated heterocycles. The summed E-state index contributed by atoms with van der Waals surface area (Å²) in [7, 11) is 3.19. The largest absolute Gasteiger partial charge is 0.495 e. The average molecular weight is 406 g/mol. The zero-order chi connectivity index (χ0) is 21.3. The topological polar surface area (TPSA) is 117 Å². The van der Waals surface area contributed by atoms with Gasteiger partial charge >= 0.3 is 0 Å². The molecule has 4 rings (SSSR count). The number of ether oxygens (including phenoxy) is 1. The van der Waals surface area contributed by atoms with Gasteiger partial charge in [-0.1, -0.05) is 12.1 Å². The summed E-state index contributed by atoms with van der Waals surface area (Å²) in [6, 6.07) is 12.7. The number of aromatic amines is 1. The minimum atomic E-state index is -0.203. The number of benzene rings is 1. The highest BCUT2D eigenvalue weighted by Crippen LogP contribution is 2.32. The lowest BCUT2D eigenvalue weighted by Gasteiger charge is -2.14. The number of aliphatic hydroxyl groups is 1. The summed E-state index contributed by atoms with van der Waals surface area (Å²) in [4.78, 5) is 21.6. The molecule has 0 aliphatic rings. The summed E-state index contributed by atoms with van der Waals surface area (Å²) in [5.74, 6) is 1.72. The Hall–Kier alpha value is -3.85. The molecule has 0 spiro atoms. The predicted molar refractivity (Wildman–Crippen MR) is 116 cm³/mol. The van der Waals surface area contributed by atoms with Crippen LogP contribution >= 0.6 is 0 Å². The number of aryl methyl sites for hydroxylation is 2. The molecule has 3 heterocycles. The normalized spacial score (nSPS) is 10.9. The summed E-state index contributed by atoms with van der Waals surface area (Å²) in [5, 5.41) is 19.2. The Balaban J connectivity index is 1.80. The number of fused-ring (bicyclic) bond motifs is 1. The first-order valence-corrected chi connectivity index (χ1v) is 9.33. The van der Waals surface area contributed by atoms with Crippen LogP contribution in [0.15, 0.2) is 47.3 Å². The molecule has 30 heavy (non-hydrogen) atoms. The van der Waals surface area contributed by atoms with Gasteiger partial charge in [0.05, 0.1) is 25.1 Å². The van der Waals surface area contributed by atoms with Gasteiger partial charge in [0.1, 0.15) is 22.8 Å². The monoisotopic (exact) mass is 406 g/mol. The number of aromatic nitrogens is 4. The fourth-order valence-corrected chi connectivity index (χ4v) is 3.21. The molecular formula is C21H22N6O3. The van der Waals surface area contributed by atoms with Crippen molar-refractivity contribution < 1.29 is 9.84 Å². The first-order valence-electron chi connectivity index (χ1n) is 9.33. The van der Waals surface area contributed by atoms with Crippen molar-refractivity contribution in [1.29, 1.82) is 0 Å². The van der Waals surface area contributed by atoms with E-state index in [-0.39, 0.29) is 12.2 Å². The second-order valence-corrected chi connectivity index (χ2v) is 6.86. The van der Waals surface area contributed by atoms with Crippen LogP contribution < -0.4 is 20.9 Å². The van der Waals surface area contributed by atoms with Crippen LogP contribution in [0.1, 0.15) is 11.3 Å². The number of hydrogen-bond donors (Lipinski definition) is 4. The number of nitrogens with zero attached hydrogens (tertiary/aromatic N) is 3. The second kappa shape index (κ2) is 7.88. The summed E-state index contributed by atoms with van der Waals surface area (Å²) < 4.78 is 6.82. The zero-order valence-electron chi connectivity index (χ0n) is 16.9. The predicted octanol–water partition coefficient (Wildman–Crippen LogP) is 2.95. The molecule has 0 radical (unpaired) electrons. The molecule has 0 bridgehead atoms. The quantitative estimate of drug-likeness (QED) is 0.389. The van der Waals surface area contributed by atoms with Gasteiger partial charge in [0.25, 0.3) is 5.56 Å². The van der Waals surface area contributed by atoms with E-state index in [1.807, 2.05) is 25.1 Å². The van der Waals surface area contributed by atoms with Crippen molar-refractivity contribution in [3.63, 3.8) is 0 Å². The van der Waals surface area contributed by atoms with Gasteiger partial charge in [-0.25, -0.2) is 9.97 Å². The van der Waals surface area contributed by atoms with Gasteiger partial charge in [0, 0.05) is 18.8 Å². The van der Waals surface area contributed by atoms with Crippen molar-refractivity contribution >= 4 is 34.0 Å². The number of hydrogen-bond acceptors (Lipinski definition) is 7. The zero-order valence-corrected chi connectivity index (χ0v) is 16.9. The summed E-state index contributed by atoms with van der Waals surface area (Å²) in [6.45, 7) is 1.82. The smallest absolute Gasteiger partial charge is 0.277 e. The summed E-state index contributed by atoms with van der Waals surface area (Å²) in [6.07, 6.45) is 0. The lowest BCUT2D eigenvalue weighted by Crippen LogP contribution is -2.12. The maximum Gasteiger partial charge on any atom is 0.277 e. The van der Waals surface area contributed by atoms with Gasteiger partial charge in [-0.3, -0.25) is 14.6 Å². The molecule has 0 saturated carbocycles. The second-order valence-electron chi connectivity index (χ2n) is 6.86. The van der Waals surface area contributed by atoms with Gasteiger partial charge in [-0.05, 0) is 36.8 Å². The van der Waals surface area contributed by atoms with Crippen LogP contribution in [-0.4, -0.2) is 32.0 Å². The van der Waals surface area contributed by atoms with Crippen LogP contribution in [0.2, 0.25) is 0 Å². The van der Waals surface area contributed by atoms with E-state index in [0.29, 0.717) is 39.8 Å². The molecular weight excluding hydrogens is 384 g/mol. The van der Waals surface area contributed by atoms with Crippen LogP contribution in [0, 0.1) is 6.92 Å². The van der Waals surface area contributed by atoms with Crippen LogP contribution in [-0.2, 0) is 13.7 Å². The SMILES string of the molecule is COc1cc(CO)ccc1Nc1cc(Nc2cccc(C)n2)nc2[nH]n(C)c(=O)c12. The lowest BCUT2D eigenvalue weighted by atomic mass is 10.2. The Bertz CT molecular complexity index is 1280. The van der Waals surface area contributed by atoms with E-state index >= 15 is 0 Å². The molecule has 1 aromatic carbocycles. The van der Waals surface area contributed by atoms with Gasteiger partial charge in [-0.2, -0.15) is 0 Å². The van der Waals surface area contributed by atoms with E-state index in [0.717, 1.165) is 11.3 Å². The van der Waals surface area contributed by atoms with Crippen molar-refractivity contribution in [1.82, 2.24) is 19.7 Å². The van der Waals surface area contributed by atoms with E-state index in [9.17, 15) is 9.90 Å². The molecule has 9 nitrogen and oxygen atoms in total. The summed E-state index contributed by atoms with van der Waals surface area (Å²) in [5.41, 5.74) is 3.06. The van der Waals surface area contributed by atoms with Crippen LogP contribution in [0.4, 0.5) is 23.0 Å². The van der Waals surface area contributed by atoms with Crippen LogP contribution in [0.5, 0.6) is 5.75 Å².